The third kappa shape index (κ3) is 1.82. The lowest BCUT2D eigenvalue weighted by atomic mass is 10.1. The normalized spacial score (nSPS) is 31.7. The van der Waals surface area contributed by atoms with Crippen molar-refractivity contribution in [2.45, 2.75) is 24.5 Å². The van der Waals surface area contributed by atoms with E-state index >= 15 is 0 Å². The molecule has 0 aromatic carbocycles. The SMILES string of the molecule is N=C(N)c1ncn([C@@H]2O[C@H](CO)[C@@H](O)[C@H]2O)c1N. The molecule has 4 atom stereocenters. The Morgan fingerprint density at radius 1 is 1.50 bits per heavy atom. The van der Waals surface area contributed by atoms with Gasteiger partial charge in [-0.2, -0.15) is 0 Å². The fraction of sp³-hybridized carbons (Fsp3) is 0.556. The van der Waals surface area contributed by atoms with E-state index in [0.717, 1.165) is 0 Å². The Hall–Kier alpha value is -1.68. The average Bonchev–Trinajstić information content (AvgIpc) is 2.82. The molecule has 0 aliphatic carbocycles. The first-order chi connectivity index (χ1) is 8.47. The molecule has 1 aromatic heterocycles. The van der Waals surface area contributed by atoms with Gasteiger partial charge in [0.1, 0.15) is 35.7 Å². The molecule has 0 amide bonds. The third-order valence-corrected chi connectivity index (χ3v) is 2.88. The number of nitrogens with one attached hydrogen (secondary N) is 1. The summed E-state index contributed by atoms with van der Waals surface area (Å²) in [7, 11) is 0. The van der Waals surface area contributed by atoms with Crippen molar-refractivity contribution in [1.82, 2.24) is 9.55 Å². The molecule has 1 aliphatic rings. The molecular formula is C9H15N5O4. The van der Waals surface area contributed by atoms with Gasteiger partial charge in [-0.15, -0.1) is 0 Å². The summed E-state index contributed by atoms with van der Waals surface area (Å²) in [5, 5.41) is 35.7. The number of imidazole rings is 1. The molecule has 0 radical (unpaired) electrons. The zero-order valence-electron chi connectivity index (χ0n) is 9.39. The number of amidine groups is 1. The molecule has 1 fully saturated rings. The molecule has 2 rings (SSSR count). The molecule has 1 saturated heterocycles. The van der Waals surface area contributed by atoms with Crippen molar-refractivity contribution in [3.63, 3.8) is 0 Å². The number of hydrogen-bond donors (Lipinski definition) is 6. The van der Waals surface area contributed by atoms with Crippen LogP contribution in [-0.4, -0.2) is 55.6 Å². The average molecular weight is 257 g/mol. The summed E-state index contributed by atoms with van der Waals surface area (Å²) in [6, 6.07) is 0. The standard InChI is InChI=1S/C9H15N5O4/c10-7(11)4-8(12)14(2-13-4)9-6(17)5(16)3(1-15)18-9/h2-3,5-6,9,15-17H,1,12H2,(H3,10,11)/t3-,5-,6-,9-/m1/s1. The van der Waals surface area contributed by atoms with Gasteiger partial charge >= 0.3 is 0 Å². The number of aliphatic hydroxyl groups is 3. The molecule has 9 heteroatoms. The zero-order valence-corrected chi connectivity index (χ0v) is 9.39. The van der Waals surface area contributed by atoms with Crippen LogP contribution >= 0.6 is 0 Å². The minimum absolute atomic E-state index is 0.0531. The predicted octanol–water partition coefficient (Wildman–Crippen LogP) is -2.64. The largest absolute Gasteiger partial charge is 0.394 e. The highest BCUT2D eigenvalue weighted by Crippen LogP contribution is 2.31. The summed E-state index contributed by atoms with van der Waals surface area (Å²) >= 11 is 0. The first kappa shape index (κ1) is 12.8. The second kappa shape index (κ2) is 4.53. The van der Waals surface area contributed by atoms with Crippen molar-refractivity contribution in [2.75, 3.05) is 12.3 Å². The van der Waals surface area contributed by atoms with Crippen LogP contribution in [0.15, 0.2) is 6.33 Å². The maximum absolute atomic E-state index is 9.81. The summed E-state index contributed by atoms with van der Waals surface area (Å²) in [6.45, 7) is -0.428. The van der Waals surface area contributed by atoms with Crippen LogP contribution in [0, 0.1) is 5.41 Å². The second-order valence-corrected chi connectivity index (χ2v) is 4.03. The molecule has 2 heterocycles. The van der Waals surface area contributed by atoms with Gasteiger partial charge in [0.25, 0.3) is 0 Å². The minimum Gasteiger partial charge on any atom is -0.394 e. The molecule has 1 aromatic rings. The Balaban J connectivity index is 2.30. The zero-order chi connectivity index (χ0) is 13.4. The maximum Gasteiger partial charge on any atom is 0.165 e. The van der Waals surface area contributed by atoms with E-state index in [0.29, 0.717) is 0 Å². The van der Waals surface area contributed by atoms with E-state index in [1.165, 1.54) is 10.9 Å². The summed E-state index contributed by atoms with van der Waals surface area (Å²) in [5.41, 5.74) is 11.1. The van der Waals surface area contributed by atoms with E-state index < -0.39 is 31.1 Å². The monoisotopic (exact) mass is 257 g/mol. The predicted molar refractivity (Wildman–Crippen MR) is 60.7 cm³/mol. The number of hydrogen-bond acceptors (Lipinski definition) is 7. The summed E-state index contributed by atoms with van der Waals surface area (Å²) in [6.07, 6.45) is -3.08. The van der Waals surface area contributed by atoms with Gasteiger partial charge in [-0.25, -0.2) is 4.98 Å². The molecule has 0 bridgehead atoms. The van der Waals surface area contributed by atoms with Crippen LogP contribution < -0.4 is 11.5 Å². The first-order valence-corrected chi connectivity index (χ1v) is 5.26. The molecular weight excluding hydrogens is 242 g/mol. The quantitative estimate of drug-likeness (QED) is 0.254. The fourth-order valence-corrected chi connectivity index (χ4v) is 1.89. The Morgan fingerprint density at radius 2 is 2.17 bits per heavy atom. The van der Waals surface area contributed by atoms with Crippen molar-refractivity contribution in [1.29, 1.82) is 5.41 Å². The van der Waals surface area contributed by atoms with E-state index in [-0.39, 0.29) is 17.3 Å². The van der Waals surface area contributed by atoms with Gasteiger partial charge in [-0.3, -0.25) is 9.98 Å². The third-order valence-electron chi connectivity index (χ3n) is 2.88. The van der Waals surface area contributed by atoms with Crippen molar-refractivity contribution < 1.29 is 20.1 Å². The first-order valence-electron chi connectivity index (χ1n) is 5.26. The molecule has 0 spiro atoms. The number of anilines is 1. The van der Waals surface area contributed by atoms with Gasteiger partial charge in [0.15, 0.2) is 6.23 Å². The van der Waals surface area contributed by atoms with E-state index in [1.807, 2.05) is 0 Å². The highest BCUT2D eigenvalue weighted by molar-refractivity contribution is 5.97. The van der Waals surface area contributed by atoms with Crippen LogP contribution in [0.1, 0.15) is 11.9 Å². The van der Waals surface area contributed by atoms with Crippen LogP contribution in [0.25, 0.3) is 0 Å². The van der Waals surface area contributed by atoms with Gasteiger partial charge in [-0.1, -0.05) is 0 Å². The Labute approximate surface area is 102 Å². The Morgan fingerprint density at radius 3 is 2.61 bits per heavy atom. The van der Waals surface area contributed by atoms with Gasteiger partial charge in [-0.05, 0) is 0 Å². The smallest absolute Gasteiger partial charge is 0.165 e. The molecule has 9 nitrogen and oxygen atoms in total. The van der Waals surface area contributed by atoms with E-state index in [2.05, 4.69) is 4.98 Å². The highest BCUT2D eigenvalue weighted by atomic mass is 16.6. The summed E-state index contributed by atoms with van der Waals surface area (Å²) < 4.78 is 6.54. The van der Waals surface area contributed by atoms with Crippen LogP contribution in [0.3, 0.4) is 0 Å². The maximum atomic E-state index is 9.81. The number of nitrogens with zero attached hydrogens (tertiary/aromatic N) is 2. The lowest BCUT2D eigenvalue weighted by molar-refractivity contribution is -0.0518. The van der Waals surface area contributed by atoms with E-state index in [9.17, 15) is 10.2 Å². The van der Waals surface area contributed by atoms with E-state index in [4.69, 9.17) is 26.7 Å². The van der Waals surface area contributed by atoms with Gasteiger partial charge < -0.3 is 31.5 Å². The number of nitrogens with two attached hydrogens (primary N) is 2. The van der Waals surface area contributed by atoms with Gasteiger partial charge in [0.05, 0.1) is 12.9 Å². The van der Waals surface area contributed by atoms with Crippen LogP contribution in [0.4, 0.5) is 5.82 Å². The van der Waals surface area contributed by atoms with E-state index in [1.54, 1.807) is 0 Å². The van der Waals surface area contributed by atoms with Crippen molar-refractivity contribution in [3.05, 3.63) is 12.0 Å². The molecule has 0 saturated carbocycles. The summed E-state index contributed by atoms with van der Waals surface area (Å²) in [4.78, 5) is 3.82. The molecule has 8 N–H and O–H groups in total. The highest BCUT2D eigenvalue weighted by Gasteiger charge is 2.44. The molecule has 18 heavy (non-hydrogen) atoms. The Bertz CT molecular complexity index is 462. The molecule has 0 unspecified atom stereocenters. The van der Waals surface area contributed by atoms with Crippen LogP contribution in [-0.2, 0) is 4.74 Å². The lowest BCUT2D eigenvalue weighted by Crippen LogP contribution is -2.33. The fourth-order valence-electron chi connectivity index (χ4n) is 1.89. The van der Waals surface area contributed by atoms with Crippen molar-refractivity contribution in [2.24, 2.45) is 5.73 Å². The minimum atomic E-state index is -1.25. The Kier molecular flexibility index (Phi) is 3.22. The second-order valence-electron chi connectivity index (χ2n) is 4.03. The molecule has 1 aliphatic heterocycles. The lowest BCUT2D eigenvalue weighted by Gasteiger charge is -2.17. The van der Waals surface area contributed by atoms with Gasteiger partial charge in [0.2, 0.25) is 0 Å². The van der Waals surface area contributed by atoms with Crippen LogP contribution in [0.5, 0.6) is 0 Å². The summed E-state index contributed by atoms with van der Waals surface area (Å²) in [5.74, 6) is -0.254. The number of aliphatic hydroxyl groups excluding tert-OH is 3. The number of nitrogen functional groups attached to an aromatic ring is 2. The van der Waals surface area contributed by atoms with Crippen LogP contribution in [0.2, 0.25) is 0 Å². The van der Waals surface area contributed by atoms with Crippen molar-refractivity contribution in [3.8, 4) is 0 Å². The van der Waals surface area contributed by atoms with Gasteiger partial charge in [0, 0.05) is 0 Å². The molecule has 100 valence electrons. The van der Waals surface area contributed by atoms with Crippen molar-refractivity contribution >= 4 is 11.7 Å². The topological polar surface area (TPSA) is 164 Å². The number of rotatable bonds is 3. The number of aromatic nitrogens is 2. The number of ether oxygens (including phenoxy) is 1.